The third-order valence-corrected chi connectivity index (χ3v) is 24.8. The standard InChI is InChI=1S/C69H99FN2O/c1-3-46-18-30-56(31-19-46)72-67-17-11-9-15-63(67)64-44-51(25-41-68(64)72)48-22-23-50-43-57(32-24-49(50)42-48)71(55-33-28-54(70)29-34-55)58-35-40-62-61-14-8-10-16-65(61)69(66(62)45-58,52-12-6-5-7-13-52)53-26-38-60(39-27-53)73-59-36-20-47(4-2)21-37-59/h3-4,18,20,26,28,35,38,40,44,48-50,52-53,55-68H,1-2,5-17,19,21-25,27,29-34,36-37,39,41-43,45H2. The lowest BCUT2D eigenvalue weighted by molar-refractivity contribution is -0.0675. The number of hydrogen-bond acceptors (Lipinski definition) is 3. The van der Waals surface area contributed by atoms with Crippen LogP contribution >= 0.6 is 0 Å². The molecule has 12 aliphatic carbocycles. The molecular weight excluding hydrogens is 892 g/mol. The van der Waals surface area contributed by atoms with Crippen molar-refractivity contribution in [3.8, 4) is 0 Å². The van der Waals surface area contributed by atoms with Gasteiger partial charge in [0, 0.05) is 42.7 Å². The summed E-state index contributed by atoms with van der Waals surface area (Å²) in [6, 6.07) is 3.97. The minimum Gasteiger partial charge on any atom is -0.371 e. The summed E-state index contributed by atoms with van der Waals surface area (Å²) in [6.45, 7) is 8.17. The molecular formula is C69H99FN2O. The van der Waals surface area contributed by atoms with E-state index in [1.54, 1.807) is 0 Å². The Morgan fingerprint density at radius 2 is 1.36 bits per heavy atom. The van der Waals surface area contributed by atoms with E-state index in [-0.39, 0.29) is 11.9 Å². The third kappa shape index (κ3) is 9.48. The topological polar surface area (TPSA) is 15.7 Å². The van der Waals surface area contributed by atoms with Crippen molar-refractivity contribution in [3.63, 3.8) is 0 Å². The summed E-state index contributed by atoms with van der Waals surface area (Å²) in [6.07, 6.45) is 69.4. The van der Waals surface area contributed by atoms with Crippen LogP contribution in [0, 0.1) is 70.5 Å². The van der Waals surface area contributed by atoms with Crippen molar-refractivity contribution in [2.45, 2.75) is 260 Å². The van der Waals surface area contributed by atoms with Gasteiger partial charge in [-0.05, 0) is 231 Å². The molecule has 1 heterocycles. The van der Waals surface area contributed by atoms with E-state index >= 15 is 4.39 Å². The molecule has 1 saturated heterocycles. The van der Waals surface area contributed by atoms with Gasteiger partial charge in [-0.2, -0.15) is 0 Å². The highest BCUT2D eigenvalue weighted by Crippen LogP contribution is 2.71. The summed E-state index contributed by atoms with van der Waals surface area (Å²) in [7, 11) is 0. The van der Waals surface area contributed by atoms with E-state index in [1.165, 1.54) is 185 Å². The summed E-state index contributed by atoms with van der Waals surface area (Å²) in [5, 5.41) is 0. The largest absolute Gasteiger partial charge is 0.371 e. The first-order valence-corrected chi connectivity index (χ1v) is 32.2. The van der Waals surface area contributed by atoms with E-state index < -0.39 is 0 Å². The average Bonchev–Trinajstić information content (AvgIpc) is 3.95. The molecule has 6 saturated carbocycles. The first-order chi connectivity index (χ1) is 36.0. The normalized spacial score (nSPS) is 46.2. The summed E-state index contributed by atoms with van der Waals surface area (Å²) < 4.78 is 22.0. The Morgan fingerprint density at radius 1 is 0.575 bits per heavy atom. The van der Waals surface area contributed by atoms with Crippen LogP contribution in [0.1, 0.15) is 212 Å². The third-order valence-electron chi connectivity index (χ3n) is 24.8. The van der Waals surface area contributed by atoms with Gasteiger partial charge < -0.3 is 4.74 Å². The Balaban J connectivity index is 0.736. The summed E-state index contributed by atoms with van der Waals surface area (Å²) in [4.78, 5) is 6.29. The smallest absolute Gasteiger partial charge is 0.0961 e. The van der Waals surface area contributed by atoms with Gasteiger partial charge in [-0.1, -0.05) is 136 Å². The van der Waals surface area contributed by atoms with Crippen molar-refractivity contribution in [1.82, 2.24) is 9.80 Å². The maximum absolute atomic E-state index is 15.0. The highest BCUT2D eigenvalue weighted by molar-refractivity contribution is 5.27. The molecule has 0 aromatic rings. The second kappa shape index (κ2) is 21.9. The minimum absolute atomic E-state index is 0.155. The first kappa shape index (κ1) is 50.2. The second-order valence-electron chi connectivity index (χ2n) is 27.7. The van der Waals surface area contributed by atoms with Crippen LogP contribution in [-0.2, 0) is 4.74 Å². The summed E-state index contributed by atoms with van der Waals surface area (Å²) in [5.74, 6) is 9.20. The van der Waals surface area contributed by atoms with E-state index in [0.29, 0.717) is 42.0 Å². The molecule has 0 aromatic heterocycles. The Kier molecular flexibility index (Phi) is 15.1. The van der Waals surface area contributed by atoms with Crippen molar-refractivity contribution in [2.75, 3.05) is 0 Å². The molecule has 7 fully saturated rings. The van der Waals surface area contributed by atoms with Crippen molar-refractivity contribution in [3.05, 3.63) is 96.5 Å². The zero-order valence-corrected chi connectivity index (χ0v) is 45.7. The van der Waals surface area contributed by atoms with Crippen LogP contribution in [0.3, 0.4) is 0 Å². The predicted molar refractivity (Wildman–Crippen MR) is 300 cm³/mol. The monoisotopic (exact) mass is 991 g/mol. The van der Waals surface area contributed by atoms with Crippen molar-refractivity contribution >= 4 is 0 Å². The molecule has 0 radical (unpaired) electrons. The highest BCUT2D eigenvalue weighted by atomic mass is 19.1. The maximum atomic E-state index is 15.0. The number of hydrogen-bond donors (Lipinski definition) is 0. The fourth-order valence-electron chi connectivity index (χ4n) is 21.8. The van der Waals surface area contributed by atoms with Crippen LogP contribution in [0.25, 0.3) is 0 Å². The number of halogens is 1. The Bertz CT molecular complexity index is 2170. The molecule has 73 heavy (non-hydrogen) atoms. The quantitative estimate of drug-likeness (QED) is 0.192. The van der Waals surface area contributed by atoms with Gasteiger partial charge in [-0.15, -0.1) is 0 Å². The number of likely N-dealkylation sites (tertiary alicyclic amines) is 1. The number of fused-ring (bicyclic) bond motifs is 7. The zero-order chi connectivity index (χ0) is 49.0. The van der Waals surface area contributed by atoms with Crippen molar-refractivity contribution in [1.29, 1.82) is 0 Å². The van der Waals surface area contributed by atoms with Gasteiger partial charge in [0.1, 0.15) is 0 Å². The van der Waals surface area contributed by atoms with Gasteiger partial charge in [0.15, 0.2) is 0 Å². The van der Waals surface area contributed by atoms with E-state index in [2.05, 4.69) is 77.6 Å². The molecule has 0 spiro atoms. The lowest BCUT2D eigenvalue weighted by Crippen LogP contribution is -2.55. The van der Waals surface area contributed by atoms with E-state index in [9.17, 15) is 0 Å². The molecule has 0 N–H and O–H groups in total. The summed E-state index contributed by atoms with van der Waals surface area (Å²) >= 11 is 0. The van der Waals surface area contributed by atoms with E-state index in [0.717, 1.165) is 109 Å². The molecule has 4 heteroatoms. The molecule has 398 valence electrons. The second-order valence-corrected chi connectivity index (χ2v) is 27.7. The summed E-state index contributed by atoms with van der Waals surface area (Å²) in [5.41, 5.74) is 5.20. The number of rotatable bonds is 11. The molecule has 0 amide bonds. The van der Waals surface area contributed by atoms with Gasteiger partial charge in [-0.3, -0.25) is 9.80 Å². The van der Waals surface area contributed by atoms with Crippen LogP contribution < -0.4 is 0 Å². The Labute approximate surface area is 444 Å². The van der Waals surface area contributed by atoms with Gasteiger partial charge >= 0.3 is 0 Å². The van der Waals surface area contributed by atoms with Gasteiger partial charge in [-0.25, -0.2) is 4.39 Å². The van der Waals surface area contributed by atoms with Crippen LogP contribution in [0.2, 0.25) is 0 Å². The molecule has 13 aliphatic rings. The number of ether oxygens (including phenoxy) is 1. The fraction of sp³-hybridized carbons (Fsp3) is 0.768. The van der Waals surface area contributed by atoms with Gasteiger partial charge in [0.05, 0.1) is 18.0 Å². The molecule has 3 nitrogen and oxygen atoms in total. The Morgan fingerprint density at radius 3 is 2.12 bits per heavy atom. The minimum atomic E-state index is 0.155. The fourth-order valence-corrected chi connectivity index (χ4v) is 21.8. The predicted octanol–water partition coefficient (Wildman–Crippen LogP) is 17.5. The van der Waals surface area contributed by atoms with E-state index in [1.807, 2.05) is 11.6 Å². The average molecular weight is 992 g/mol. The molecule has 0 aromatic carbocycles. The number of nitrogens with zero attached hydrogens (tertiary/aromatic N) is 2. The van der Waals surface area contributed by atoms with Crippen LogP contribution in [0.5, 0.6) is 0 Å². The van der Waals surface area contributed by atoms with Crippen molar-refractivity contribution in [2.24, 2.45) is 70.5 Å². The molecule has 19 unspecified atom stereocenters. The van der Waals surface area contributed by atoms with E-state index in [4.69, 9.17) is 4.74 Å². The van der Waals surface area contributed by atoms with Crippen LogP contribution in [-0.4, -0.2) is 58.3 Å². The first-order valence-electron chi connectivity index (χ1n) is 32.2. The SMILES string of the molecule is C=CC1=CCC(OC2C=CC(C3(C4CCCCC4)C4CC(N(C5CC=C(F)CC5)C5CCC6CC(C7=CC8C9CCCCC9N(C9CC=C(C=C)CC9)C8CC7)CCC6C5)C=CC4C4CCCCC43)CC2)CC1. The van der Waals surface area contributed by atoms with Crippen LogP contribution in [0.4, 0.5) is 4.39 Å². The maximum Gasteiger partial charge on any atom is 0.0961 e. The van der Waals surface area contributed by atoms with Crippen molar-refractivity contribution < 1.29 is 9.13 Å². The highest BCUT2D eigenvalue weighted by Gasteiger charge is 2.65. The van der Waals surface area contributed by atoms with Crippen LogP contribution in [0.15, 0.2) is 96.5 Å². The Hall–Kier alpha value is -2.27. The van der Waals surface area contributed by atoms with Gasteiger partial charge in [0.2, 0.25) is 0 Å². The zero-order valence-electron chi connectivity index (χ0n) is 45.7. The van der Waals surface area contributed by atoms with Gasteiger partial charge in [0.25, 0.3) is 0 Å². The lowest BCUT2D eigenvalue weighted by Gasteiger charge is -2.57. The molecule has 1 aliphatic heterocycles. The lowest BCUT2D eigenvalue weighted by atomic mass is 9.49. The number of allylic oxidation sites excluding steroid dienone is 8. The molecule has 13 rings (SSSR count). The molecule has 0 bridgehead atoms. The molecule has 19 atom stereocenters.